The second-order valence-corrected chi connectivity index (χ2v) is 17.4. The summed E-state index contributed by atoms with van der Waals surface area (Å²) in [4.78, 5) is 30.1. The lowest BCUT2D eigenvalue weighted by atomic mass is 9.60. The van der Waals surface area contributed by atoms with Crippen LogP contribution in [0, 0.1) is 0 Å². The highest BCUT2D eigenvalue weighted by Gasteiger charge is 2.41. The molecule has 9 aromatic carbocycles. The Hall–Kier alpha value is -9.00. The van der Waals surface area contributed by atoms with Gasteiger partial charge in [-0.15, -0.1) is 0 Å². The molecule has 14 rings (SSSR count). The van der Waals surface area contributed by atoms with E-state index in [0.717, 1.165) is 50.1 Å². The highest BCUT2D eigenvalue weighted by Crippen LogP contribution is 2.56. The third-order valence-electron chi connectivity index (χ3n) is 13.3. The average Bonchev–Trinajstić information content (AvgIpc) is 3.43. The van der Waals surface area contributed by atoms with Crippen molar-refractivity contribution in [2.24, 2.45) is 0 Å². The van der Waals surface area contributed by atoms with E-state index in [1.54, 1.807) is 0 Å². The Kier molecular flexibility index (Phi) is 9.53. The summed E-state index contributed by atoms with van der Waals surface area (Å²) in [7, 11) is 0. The van der Waals surface area contributed by atoms with Crippen LogP contribution in [0.3, 0.4) is 0 Å². The lowest BCUT2D eigenvalue weighted by Gasteiger charge is -2.42. The minimum absolute atomic E-state index is 0.0773. The summed E-state index contributed by atoms with van der Waals surface area (Å²) in [5.74, 6) is 4.08. The second-order valence-electron chi connectivity index (χ2n) is 17.4. The summed E-state index contributed by atoms with van der Waals surface area (Å²) in [6.45, 7) is 0. The predicted octanol–water partition coefficient (Wildman–Crippen LogP) is 14.4. The third-order valence-corrected chi connectivity index (χ3v) is 13.3. The van der Waals surface area contributed by atoms with Gasteiger partial charge in [0.25, 0.3) is 0 Å². The van der Waals surface area contributed by atoms with Crippen molar-refractivity contribution in [3.63, 3.8) is 0 Å². The van der Waals surface area contributed by atoms with Crippen molar-refractivity contribution < 1.29 is 0 Å². The first-order chi connectivity index (χ1) is 33.7. The van der Waals surface area contributed by atoms with Crippen LogP contribution < -0.4 is 0 Å². The van der Waals surface area contributed by atoms with Crippen molar-refractivity contribution in [3.05, 3.63) is 264 Å². The largest absolute Gasteiger partial charge is 0.208 e. The van der Waals surface area contributed by atoms with E-state index in [2.05, 4.69) is 133 Å². The summed E-state index contributed by atoms with van der Waals surface area (Å²) in [6, 6.07) is 80.8. The molecule has 0 aliphatic heterocycles. The van der Waals surface area contributed by atoms with Gasteiger partial charge in [0.1, 0.15) is 0 Å². The maximum atomic E-state index is 5.09. The SMILES string of the molecule is c1ccc(-c2nc(-c3ccccc3)nc(-c3cccc(-c4cccc(-c5ccc6c(c5)C5c7ccccc7C6c6cc(-c7nc(-c8ccccc8)nc(-c8ccccc8)n7)ccc65)c4)c3)n2)cc1. The van der Waals surface area contributed by atoms with E-state index in [9.17, 15) is 0 Å². The Bertz CT molecular complexity index is 3570. The van der Waals surface area contributed by atoms with Gasteiger partial charge in [-0.25, -0.2) is 29.9 Å². The first-order valence-corrected chi connectivity index (χ1v) is 23.0. The van der Waals surface area contributed by atoms with Crippen molar-refractivity contribution in [3.8, 4) is 90.6 Å². The summed E-state index contributed by atoms with van der Waals surface area (Å²) < 4.78 is 0. The molecule has 2 heterocycles. The zero-order chi connectivity index (χ0) is 45.0. The van der Waals surface area contributed by atoms with Crippen LogP contribution in [0.25, 0.3) is 90.6 Å². The lowest BCUT2D eigenvalue weighted by molar-refractivity contribution is 0.755. The van der Waals surface area contributed by atoms with E-state index < -0.39 is 0 Å². The van der Waals surface area contributed by atoms with E-state index >= 15 is 0 Å². The van der Waals surface area contributed by atoms with E-state index in [0.29, 0.717) is 34.9 Å². The third kappa shape index (κ3) is 6.98. The number of aromatic nitrogens is 6. The molecule has 6 heteroatoms. The molecule has 3 aliphatic carbocycles. The topological polar surface area (TPSA) is 77.3 Å². The highest BCUT2D eigenvalue weighted by molar-refractivity contribution is 5.79. The summed E-state index contributed by atoms with van der Waals surface area (Å²) in [5, 5.41) is 0. The first kappa shape index (κ1) is 39.4. The number of hydrogen-bond donors (Lipinski definition) is 0. The summed E-state index contributed by atoms with van der Waals surface area (Å²) in [5.41, 5.74) is 18.4. The van der Waals surface area contributed by atoms with Crippen molar-refractivity contribution in [2.75, 3.05) is 0 Å². The Morgan fingerprint density at radius 1 is 0.176 bits per heavy atom. The summed E-state index contributed by atoms with van der Waals surface area (Å²) >= 11 is 0. The number of rotatable bonds is 8. The minimum Gasteiger partial charge on any atom is -0.208 e. The fourth-order valence-corrected chi connectivity index (χ4v) is 10.1. The van der Waals surface area contributed by atoms with Gasteiger partial charge in [0.15, 0.2) is 34.9 Å². The van der Waals surface area contributed by atoms with Gasteiger partial charge in [0.2, 0.25) is 0 Å². The highest BCUT2D eigenvalue weighted by atomic mass is 15.0. The molecular formula is C62H40N6. The molecule has 2 atom stereocenters. The number of benzene rings is 9. The Balaban J connectivity index is 0.863. The van der Waals surface area contributed by atoms with Crippen molar-refractivity contribution in [1.82, 2.24) is 29.9 Å². The van der Waals surface area contributed by atoms with Crippen LogP contribution >= 0.6 is 0 Å². The van der Waals surface area contributed by atoms with Gasteiger partial charge in [-0.05, 0) is 79.9 Å². The molecule has 0 amide bonds. The molecular weight excluding hydrogens is 829 g/mol. The summed E-state index contributed by atoms with van der Waals surface area (Å²) in [6.07, 6.45) is 0. The van der Waals surface area contributed by atoms with Gasteiger partial charge >= 0.3 is 0 Å². The van der Waals surface area contributed by atoms with Gasteiger partial charge in [0, 0.05) is 45.2 Å². The zero-order valence-corrected chi connectivity index (χ0v) is 36.8. The molecule has 0 spiro atoms. The number of hydrogen-bond acceptors (Lipinski definition) is 6. The predicted molar refractivity (Wildman–Crippen MR) is 271 cm³/mol. The molecule has 68 heavy (non-hydrogen) atoms. The first-order valence-electron chi connectivity index (χ1n) is 23.0. The molecule has 6 nitrogen and oxygen atoms in total. The number of nitrogens with zero attached hydrogens (tertiary/aromatic N) is 6. The monoisotopic (exact) mass is 868 g/mol. The Morgan fingerprint density at radius 2 is 0.426 bits per heavy atom. The maximum Gasteiger partial charge on any atom is 0.164 e. The van der Waals surface area contributed by atoms with Gasteiger partial charge in [0.05, 0.1) is 0 Å². The van der Waals surface area contributed by atoms with E-state index in [4.69, 9.17) is 29.9 Å². The lowest BCUT2D eigenvalue weighted by Crippen LogP contribution is -2.27. The zero-order valence-electron chi connectivity index (χ0n) is 36.8. The van der Waals surface area contributed by atoms with Crippen LogP contribution in [0.4, 0.5) is 0 Å². The maximum absolute atomic E-state index is 5.09. The molecule has 11 aromatic rings. The fourth-order valence-electron chi connectivity index (χ4n) is 10.1. The normalized spacial score (nSPS) is 14.2. The molecule has 2 aromatic heterocycles. The standard InChI is InChI=1S/C62H40N6/c1-5-17-39(18-6-1)57-63-58(40-19-7-2-8-20-40)66-61(65-57)47-28-16-27-45(36-47)43-25-15-26-44(35-43)46-31-33-51-53(37-46)55-49-29-13-14-30-50(49)56(51)54-38-48(32-34-52(54)55)62-67-59(41-21-9-3-10-22-41)64-60(68-62)42-23-11-4-12-24-42/h1-38,55-56H. The van der Waals surface area contributed by atoms with E-state index in [1.807, 2.05) is 97.1 Å². The molecule has 0 saturated carbocycles. The fraction of sp³-hybridized carbons (Fsp3) is 0.0323. The van der Waals surface area contributed by atoms with Gasteiger partial charge in [-0.3, -0.25) is 0 Å². The van der Waals surface area contributed by atoms with Crippen molar-refractivity contribution in [1.29, 1.82) is 0 Å². The van der Waals surface area contributed by atoms with Crippen LogP contribution in [0.2, 0.25) is 0 Å². The van der Waals surface area contributed by atoms with Gasteiger partial charge in [-0.2, -0.15) is 0 Å². The Morgan fingerprint density at radius 3 is 0.824 bits per heavy atom. The van der Waals surface area contributed by atoms with Crippen molar-refractivity contribution >= 4 is 0 Å². The van der Waals surface area contributed by atoms with Crippen LogP contribution in [0.5, 0.6) is 0 Å². The quantitative estimate of drug-likeness (QED) is 0.151. The van der Waals surface area contributed by atoms with Crippen LogP contribution in [-0.2, 0) is 0 Å². The van der Waals surface area contributed by atoms with Gasteiger partial charge < -0.3 is 0 Å². The van der Waals surface area contributed by atoms with Crippen LogP contribution in [-0.4, -0.2) is 29.9 Å². The van der Waals surface area contributed by atoms with Crippen LogP contribution in [0.1, 0.15) is 45.2 Å². The molecule has 0 saturated heterocycles. The van der Waals surface area contributed by atoms with Gasteiger partial charge in [-0.1, -0.05) is 206 Å². The average molecular weight is 869 g/mol. The minimum atomic E-state index is 0.0773. The Labute approximate surface area is 394 Å². The molecule has 3 aliphatic rings. The molecule has 0 radical (unpaired) electrons. The van der Waals surface area contributed by atoms with Crippen molar-refractivity contribution in [2.45, 2.75) is 11.8 Å². The molecule has 0 N–H and O–H groups in total. The molecule has 2 unspecified atom stereocenters. The molecule has 0 fully saturated rings. The smallest absolute Gasteiger partial charge is 0.164 e. The molecule has 318 valence electrons. The van der Waals surface area contributed by atoms with E-state index in [1.165, 1.54) is 38.9 Å². The van der Waals surface area contributed by atoms with Crippen LogP contribution in [0.15, 0.2) is 231 Å². The second kappa shape index (κ2) is 16.5. The molecule has 2 bridgehead atoms. The van der Waals surface area contributed by atoms with E-state index in [-0.39, 0.29) is 11.8 Å².